The lowest BCUT2D eigenvalue weighted by molar-refractivity contribution is -0.122. The average molecular weight is 441 g/mol. The van der Waals surface area contributed by atoms with E-state index in [1.165, 1.54) is 11.8 Å². The molecule has 2 aromatic rings. The largest absolute Gasteiger partial charge is 0.508 e. The van der Waals surface area contributed by atoms with Crippen molar-refractivity contribution in [2.24, 2.45) is 0 Å². The Bertz CT molecular complexity index is 971. The third-order valence-corrected chi connectivity index (χ3v) is 6.04. The summed E-state index contributed by atoms with van der Waals surface area (Å²) in [6.07, 6.45) is 4.57. The number of aromatic hydroxyl groups is 1. The van der Waals surface area contributed by atoms with E-state index in [2.05, 4.69) is 5.32 Å². The van der Waals surface area contributed by atoms with Crippen molar-refractivity contribution in [3.8, 4) is 5.75 Å². The molecule has 0 radical (unpaired) electrons. The van der Waals surface area contributed by atoms with Crippen LogP contribution in [0.1, 0.15) is 36.8 Å². The summed E-state index contributed by atoms with van der Waals surface area (Å²) in [7, 11) is 0. The van der Waals surface area contributed by atoms with Crippen LogP contribution in [0.3, 0.4) is 0 Å². The standard InChI is InChI=1S/C23H24N2O3S2/c1-16-9-11-18(12-10-16)24-21(27)8-3-2-4-13-25-22(28)20(30-23(25)29)15-17-6-5-7-19(26)14-17/h5-7,9-12,14-15,26H,2-4,8,13H2,1H3,(H,24,27)/b20-15-. The van der Waals surface area contributed by atoms with E-state index in [1.807, 2.05) is 37.3 Å². The van der Waals surface area contributed by atoms with Gasteiger partial charge in [-0.15, -0.1) is 0 Å². The highest BCUT2D eigenvalue weighted by Crippen LogP contribution is 2.33. The summed E-state index contributed by atoms with van der Waals surface area (Å²) in [4.78, 5) is 26.8. The first kappa shape index (κ1) is 22.1. The number of amides is 2. The first-order valence-corrected chi connectivity index (χ1v) is 11.1. The Kier molecular flexibility index (Phi) is 7.65. The molecule has 0 atom stereocenters. The Morgan fingerprint density at radius 3 is 2.67 bits per heavy atom. The molecule has 1 aliphatic rings. The van der Waals surface area contributed by atoms with E-state index in [4.69, 9.17) is 12.2 Å². The van der Waals surface area contributed by atoms with Crippen molar-refractivity contribution in [2.75, 3.05) is 11.9 Å². The summed E-state index contributed by atoms with van der Waals surface area (Å²) in [6, 6.07) is 14.5. The predicted octanol–water partition coefficient (Wildman–Crippen LogP) is 5.10. The fourth-order valence-electron chi connectivity index (χ4n) is 3.05. The number of carbonyl (C=O) groups is 2. The van der Waals surface area contributed by atoms with E-state index in [9.17, 15) is 14.7 Å². The molecule has 0 aromatic heterocycles. The van der Waals surface area contributed by atoms with Crippen molar-refractivity contribution in [1.29, 1.82) is 0 Å². The van der Waals surface area contributed by atoms with Gasteiger partial charge < -0.3 is 10.4 Å². The second kappa shape index (κ2) is 10.4. The SMILES string of the molecule is Cc1ccc(NC(=O)CCCCCN2C(=O)/C(=C/c3cccc(O)c3)SC2=S)cc1. The molecule has 156 valence electrons. The van der Waals surface area contributed by atoms with Crippen LogP contribution >= 0.6 is 24.0 Å². The van der Waals surface area contributed by atoms with Gasteiger partial charge in [0.25, 0.3) is 5.91 Å². The van der Waals surface area contributed by atoms with E-state index < -0.39 is 0 Å². The molecule has 2 aromatic carbocycles. The predicted molar refractivity (Wildman–Crippen MR) is 126 cm³/mol. The minimum Gasteiger partial charge on any atom is -0.508 e. The van der Waals surface area contributed by atoms with Crippen molar-refractivity contribution in [2.45, 2.75) is 32.6 Å². The molecular weight excluding hydrogens is 416 g/mol. The number of hydrogen-bond acceptors (Lipinski definition) is 5. The second-order valence-electron chi connectivity index (χ2n) is 7.15. The third-order valence-electron chi connectivity index (χ3n) is 4.66. The maximum Gasteiger partial charge on any atom is 0.266 e. The second-order valence-corrected chi connectivity index (χ2v) is 8.83. The number of nitrogens with one attached hydrogen (secondary N) is 1. The summed E-state index contributed by atoms with van der Waals surface area (Å²) < 4.78 is 0.545. The van der Waals surface area contributed by atoms with Crippen molar-refractivity contribution in [1.82, 2.24) is 4.90 Å². The van der Waals surface area contributed by atoms with Gasteiger partial charge in [-0.05, 0) is 55.7 Å². The quantitative estimate of drug-likeness (QED) is 0.339. The van der Waals surface area contributed by atoms with Crippen LogP contribution < -0.4 is 5.32 Å². The van der Waals surface area contributed by atoms with E-state index in [-0.39, 0.29) is 17.6 Å². The molecule has 0 unspecified atom stereocenters. The highest BCUT2D eigenvalue weighted by molar-refractivity contribution is 8.26. The molecule has 7 heteroatoms. The summed E-state index contributed by atoms with van der Waals surface area (Å²) in [5.41, 5.74) is 2.72. The van der Waals surface area contributed by atoms with Gasteiger partial charge in [-0.25, -0.2) is 0 Å². The monoisotopic (exact) mass is 440 g/mol. The number of thiocarbonyl (C=S) groups is 1. The minimum atomic E-state index is -0.106. The number of aryl methyl sites for hydroxylation is 1. The molecule has 2 N–H and O–H groups in total. The number of hydrogen-bond donors (Lipinski definition) is 2. The number of anilines is 1. The van der Waals surface area contributed by atoms with Crippen molar-refractivity contribution in [3.05, 3.63) is 64.6 Å². The van der Waals surface area contributed by atoms with E-state index in [1.54, 1.807) is 29.2 Å². The summed E-state index contributed by atoms with van der Waals surface area (Å²) in [6.45, 7) is 2.55. The molecule has 0 aliphatic carbocycles. The number of nitrogens with zero attached hydrogens (tertiary/aromatic N) is 1. The van der Waals surface area contributed by atoms with Crippen molar-refractivity contribution >= 4 is 51.9 Å². The van der Waals surface area contributed by atoms with Crippen LogP contribution in [-0.2, 0) is 9.59 Å². The topological polar surface area (TPSA) is 69.6 Å². The number of thioether (sulfide) groups is 1. The molecule has 1 aliphatic heterocycles. The Balaban J connectivity index is 1.41. The zero-order valence-corrected chi connectivity index (χ0v) is 18.4. The molecule has 0 spiro atoms. The number of rotatable bonds is 8. The van der Waals surface area contributed by atoms with Crippen LogP contribution in [0.4, 0.5) is 5.69 Å². The van der Waals surface area contributed by atoms with Gasteiger partial charge in [-0.3, -0.25) is 14.5 Å². The molecule has 0 saturated carbocycles. The van der Waals surface area contributed by atoms with Crippen LogP contribution in [0.25, 0.3) is 6.08 Å². The Morgan fingerprint density at radius 2 is 1.93 bits per heavy atom. The first-order valence-electron chi connectivity index (χ1n) is 9.83. The minimum absolute atomic E-state index is 0.00138. The molecule has 1 heterocycles. The first-order chi connectivity index (χ1) is 14.4. The van der Waals surface area contributed by atoms with Crippen LogP contribution in [0.5, 0.6) is 5.75 Å². The Hall–Kier alpha value is -2.64. The Morgan fingerprint density at radius 1 is 1.17 bits per heavy atom. The average Bonchev–Trinajstić information content (AvgIpc) is 2.96. The van der Waals surface area contributed by atoms with Crippen LogP contribution in [0.2, 0.25) is 0 Å². The summed E-state index contributed by atoms with van der Waals surface area (Å²) >= 11 is 6.63. The van der Waals surface area contributed by atoms with Crippen molar-refractivity contribution in [3.63, 3.8) is 0 Å². The molecule has 3 rings (SSSR count). The van der Waals surface area contributed by atoms with Gasteiger partial charge in [0.1, 0.15) is 10.1 Å². The normalized spacial score (nSPS) is 15.1. The van der Waals surface area contributed by atoms with Gasteiger partial charge in [-0.2, -0.15) is 0 Å². The van der Waals surface area contributed by atoms with Gasteiger partial charge in [0.2, 0.25) is 5.91 Å². The molecular formula is C23H24N2O3S2. The lowest BCUT2D eigenvalue weighted by atomic mass is 10.1. The van der Waals surface area contributed by atoms with E-state index >= 15 is 0 Å². The third kappa shape index (κ3) is 6.18. The van der Waals surface area contributed by atoms with Gasteiger partial charge in [0, 0.05) is 18.7 Å². The smallest absolute Gasteiger partial charge is 0.266 e. The zero-order chi connectivity index (χ0) is 21.5. The van der Waals surface area contributed by atoms with E-state index in [0.717, 1.165) is 36.1 Å². The fraction of sp³-hybridized carbons (Fsp3) is 0.261. The Labute approximate surface area is 186 Å². The molecule has 30 heavy (non-hydrogen) atoms. The molecule has 2 amide bonds. The number of benzene rings is 2. The zero-order valence-electron chi connectivity index (χ0n) is 16.8. The molecule has 1 fully saturated rings. The maximum atomic E-state index is 12.6. The molecule has 5 nitrogen and oxygen atoms in total. The number of unbranched alkanes of at least 4 members (excludes halogenated alkanes) is 2. The molecule has 0 bridgehead atoms. The van der Waals surface area contributed by atoms with Crippen LogP contribution in [-0.4, -0.2) is 32.7 Å². The molecule has 1 saturated heterocycles. The lowest BCUT2D eigenvalue weighted by Gasteiger charge is -2.14. The van der Waals surface area contributed by atoms with Crippen molar-refractivity contribution < 1.29 is 14.7 Å². The fourth-order valence-corrected chi connectivity index (χ4v) is 4.36. The summed E-state index contributed by atoms with van der Waals surface area (Å²) in [5, 5.41) is 12.5. The van der Waals surface area contributed by atoms with E-state index in [0.29, 0.717) is 22.2 Å². The highest BCUT2D eigenvalue weighted by Gasteiger charge is 2.31. The maximum absolute atomic E-state index is 12.6. The van der Waals surface area contributed by atoms with Gasteiger partial charge >= 0.3 is 0 Å². The van der Waals surface area contributed by atoms with Crippen LogP contribution in [0.15, 0.2) is 53.4 Å². The van der Waals surface area contributed by atoms with Crippen LogP contribution in [0, 0.1) is 6.92 Å². The summed E-state index contributed by atoms with van der Waals surface area (Å²) in [5.74, 6) is 0.0506. The number of phenols is 1. The van der Waals surface area contributed by atoms with Gasteiger partial charge in [-0.1, -0.05) is 60.2 Å². The number of carbonyl (C=O) groups excluding carboxylic acids is 2. The highest BCUT2D eigenvalue weighted by atomic mass is 32.2. The van der Waals surface area contributed by atoms with Gasteiger partial charge in [0.15, 0.2) is 0 Å². The lowest BCUT2D eigenvalue weighted by Crippen LogP contribution is -2.29. The van der Waals surface area contributed by atoms with Gasteiger partial charge in [0.05, 0.1) is 4.91 Å². The number of phenolic OH excluding ortho intramolecular Hbond substituents is 1.